The smallest absolute Gasteiger partial charge is 0.149 e. The SMILES string of the molecule is COC1=C(C)C(c2ccc(C)n2C)=N/C1=C/c1c2cc(n1C)CCCCCCC2C. The molecule has 0 N–H and O–H groups in total. The summed E-state index contributed by atoms with van der Waals surface area (Å²) in [5.74, 6) is 1.45. The van der Waals surface area contributed by atoms with Crippen LogP contribution in [0.3, 0.4) is 0 Å². The molecule has 2 aromatic heterocycles. The van der Waals surface area contributed by atoms with Crippen molar-refractivity contribution in [2.45, 2.75) is 65.2 Å². The molecule has 0 spiro atoms. The molecular weight excluding hydrogens is 370 g/mol. The van der Waals surface area contributed by atoms with E-state index in [4.69, 9.17) is 9.73 Å². The first-order valence-corrected chi connectivity index (χ1v) is 11.3. The number of fused-ring (bicyclic) bond motifs is 2. The van der Waals surface area contributed by atoms with E-state index in [-0.39, 0.29) is 0 Å². The monoisotopic (exact) mass is 405 g/mol. The molecule has 2 bridgehead atoms. The fourth-order valence-corrected chi connectivity index (χ4v) is 4.92. The van der Waals surface area contributed by atoms with Crippen LogP contribution in [0.25, 0.3) is 6.08 Å². The van der Waals surface area contributed by atoms with E-state index < -0.39 is 0 Å². The average molecular weight is 406 g/mol. The van der Waals surface area contributed by atoms with Crippen LogP contribution >= 0.6 is 0 Å². The molecule has 4 nitrogen and oxygen atoms in total. The van der Waals surface area contributed by atoms with Gasteiger partial charge in [-0.2, -0.15) is 0 Å². The highest BCUT2D eigenvalue weighted by molar-refractivity contribution is 6.15. The van der Waals surface area contributed by atoms with Crippen molar-refractivity contribution in [2.75, 3.05) is 7.11 Å². The number of ether oxygens (including phenoxy) is 1. The van der Waals surface area contributed by atoms with Crippen molar-refractivity contribution in [1.29, 1.82) is 0 Å². The van der Waals surface area contributed by atoms with Crippen LogP contribution in [0.15, 0.2) is 40.2 Å². The second-order valence-corrected chi connectivity index (χ2v) is 8.96. The van der Waals surface area contributed by atoms with Gasteiger partial charge in [0.25, 0.3) is 0 Å². The number of methoxy groups -OCH3 is 1. The van der Waals surface area contributed by atoms with Gasteiger partial charge in [0.2, 0.25) is 0 Å². The van der Waals surface area contributed by atoms with E-state index in [0.29, 0.717) is 5.92 Å². The molecule has 4 rings (SSSR count). The van der Waals surface area contributed by atoms with Crippen LogP contribution in [0.1, 0.15) is 80.2 Å². The van der Waals surface area contributed by atoms with Gasteiger partial charge in [0.05, 0.1) is 18.5 Å². The van der Waals surface area contributed by atoms with Crippen LogP contribution in [0.4, 0.5) is 0 Å². The van der Waals surface area contributed by atoms with Crippen molar-refractivity contribution in [3.05, 3.63) is 63.6 Å². The third kappa shape index (κ3) is 3.57. The quantitative estimate of drug-likeness (QED) is 0.612. The minimum atomic E-state index is 0.561. The highest BCUT2D eigenvalue weighted by atomic mass is 16.5. The molecule has 0 radical (unpaired) electrons. The van der Waals surface area contributed by atoms with Gasteiger partial charge in [-0.25, -0.2) is 4.99 Å². The zero-order chi connectivity index (χ0) is 21.4. The van der Waals surface area contributed by atoms with Crippen LogP contribution in [0, 0.1) is 6.92 Å². The van der Waals surface area contributed by atoms with Gasteiger partial charge in [0.1, 0.15) is 11.5 Å². The molecule has 0 amide bonds. The van der Waals surface area contributed by atoms with Crippen LogP contribution in [-0.2, 0) is 25.3 Å². The Balaban J connectivity index is 1.82. The lowest BCUT2D eigenvalue weighted by molar-refractivity contribution is 0.300. The number of aromatic nitrogens is 2. The summed E-state index contributed by atoms with van der Waals surface area (Å²) in [6.07, 6.45) is 9.94. The summed E-state index contributed by atoms with van der Waals surface area (Å²) in [6.45, 7) is 6.61. The van der Waals surface area contributed by atoms with Gasteiger partial charge in [0.15, 0.2) is 0 Å². The summed E-state index contributed by atoms with van der Waals surface area (Å²) >= 11 is 0. The van der Waals surface area contributed by atoms with Crippen LogP contribution in [-0.4, -0.2) is 22.0 Å². The van der Waals surface area contributed by atoms with E-state index >= 15 is 0 Å². The maximum Gasteiger partial charge on any atom is 0.149 e. The zero-order valence-corrected chi connectivity index (χ0v) is 19.4. The van der Waals surface area contributed by atoms with E-state index in [9.17, 15) is 0 Å². The highest BCUT2D eigenvalue weighted by Crippen LogP contribution is 2.35. The number of rotatable bonds is 3. The van der Waals surface area contributed by atoms with Crippen LogP contribution in [0.5, 0.6) is 0 Å². The molecule has 1 atom stereocenters. The second kappa shape index (κ2) is 8.33. The van der Waals surface area contributed by atoms with Gasteiger partial charge in [0, 0.05) is 36.8 Å². The van der Waals surface area contributed by atoms with Gasteiger partial charge in [-0.1, -0.05) is 26.2 Å². The molecule has 1 aliphatic heterocycles. The Morgan fingerprint density at radius 1 is 1.07 bits per heavy atom. The molecule has 2 aromatic rings. The van der Waals surface area contributed by atoms with E-state index in [1.165, 1.54) is 54.7 Å². The zero-order valence-electron chi connectivity index (χ0n) is 19.4. The van der Waals surface area contributed by atoms with E-state index in [1.54, 1.807) is 7.11 Å². The molecule has 160 valence electrons. The molecule has 1 unspecified atom stereocenters. The van der Waals surface area contributed by atoms with Gasteiger partial charge in [-0.05, 0) is 68.9 Å². The number of allylic oxidation sites excluding steroid dienone is 1. The predicted molar refractivity (Wildman–Crippen MR) is 125 cm³/mol. The van der Waals surface area contributed by atoms with Crippen molar-refractivity contribution in [2.24, 2.45) is 19.1 Å². The van der Waals surface area contributed by atoms with Gasteiger partial charge in [-0.3, -0.25) is 0 Å². The van der Waals surface area contributed by atoms with Crippen LogP contribution < -0.4 is 0 Å². The maximum atomic E-state index is 5.84. The van der Waals surface area contributed by atoms with Crippen molar-refractivity contribution in [3.63, 3.8) is 0 Å². The summed E-state index contributed by atoms with van der Waals surface area (Å²) in [4.78, 5) is 5.06. The Labute approximate surface area is 181 Å². The van der Waals surface area contributed by atoms with E-state index in [0.717, 1.165) is 34.9 Å². The first-order chi connectivity index (χ1) is 14.4. The maximum absolute atomic E-state index is 5.84. The molecular formula is C26H35N3O. The summed E-state index contributed by atoms with van der Waals surface area (Å²) in [6, 6.07) is 6.73. The Bertz CT molecular complexity index is 1040. The van der Waals surface area contributed by atoms with Crippen molar-refractivity contribution in [1.82, 2.24) is 9.13 Å². The molecule has 2 aliphatic rings. The fourth-order valence-electron chi connectivity index (χ4n) is 4.92. The number of aryl methyl sites for hydroxylation is 2. The topological polar surface area (TPSA) is 31.4 Å². The van der Waals surface area contributed by atoms with Crippen molar-refractivity contribution >= 4 is 11.8 Å². The van der Waals surface area contributed by atoms with Crippen molar-refractivity contribution in [3.8, 4) is 0 Å². The molecule has 0 saturated heterocycles. The molecule has 0 aromatic carbocycles. The first kappa shape index (κ1) is 20.8. The lowest BCUT2D eigenvalue weighted by Gasteiger charge is -2.13. The summed E-state index contributed by atoms with van der Waals surface area (Å²) < 4.78 is 10.4. The lowest BCUT2D eigenvalue weighted by atomic mass is 9.93. The minimum absolute atomic E-state index is 0.561. The van der Waals surface area contributed by atoms with Gasteiger partial charge in [-0.15, -0.1) is 0 Å². The Morgan fingerprint density at radius 3 is 2.53 bits per heavy atom. The molecule has 0 saturated carbocycles. The average Bonchev–Trinajstić information content (AvgIpc) is 3.33. The van der Waals surface area contributed by atoms with E-state index in [1.807, 2.05) is 0 Å². The second-order valence-electron chi connectivity index (χ2n) is 8.96. The fraction of sp³-hybridized carbons (Fsp3) is 0.500. The number of hydrogen-bond acceptors (Lipinski definition) is 2. The van der Waals surface area contributed by atoms with E-state index in [2.05, 4.69) is 68.3 Å². The highest BCUT2D eigenvalue weighted by Gasteiger charge is 2.26. The molecule has 4 heteroatoms. The number of hydrogen-bond donors (Lipinski definition) is 0. The Hall–Kier alpha value is -2.49. The Kier molecular flexibility index (Phi) is 5.77. The summed E-state index contributed by atoms with van der Waals surface area (Å²) in [5.41, 5.74) is 9.58. The summed E-state index contributed by atoms with van der Waals surface area (Å²) in [7, 11) is 6.06. The Morgan fingerprint density at radius 2 is 1.83 bits per heavy atom. The molecule has 3 heterocycles. The first-order valence-electron chi connectivity index (χ1n) is 11.3. The predicted octanol–water partition coefficient (Wildman–Crippen LogP) is 6.05. The minimum Gasteiger partial charge on any atom is -0.494 e. The normalized spacial score (nSPS) is 21.3. The third-order valence-corrected chi connectivity index (χ3v) is 7.01. The molecule has 1 aliphatic carbocycles. The third-order valence-electron chi connectivity index (χ3n) is 7.01. The number of nitrogens with zero attached hydrogens (tertiary/aromatic N) is 3. The lowest BCUT2D eigenvalue weighted by Crippen LogP contribution is -2.07. The van der Waals surface area contributed by atoms with Gasteiger partial charge < -0.3 is 13.9 Å². The largest absolute Gasteiger partial charge is 0.494 e. The summed E-state index contributed by atoms with van der Waals surface area (Å²) in [5, 5.41) is 0. The van der Waals surface area contributed by atoms with Crippen LogP contribution in [0.2, 0.25) is 0 Å². The molecule has 0 fully saturated rings. The standard InChI is InChI=1S/C26H35N3O/c1-17-11-9-7-8-10-12-20-15-21(17)24(29(20)5)16-22-26(30-6)19(3)25(27-22)23-14-13-18(2)28(23)4/h13-17H,7-12H2,1-6H3/b22-16+. The van der Waals surface area contributed by atoms with Crippen molar-refractivity contribution < 1.29 is 4.74 Å². The number of aliphatic imine (C=N–C) groups is 1. The molecule has 30 heavy (non-hydrogen) atoms. The van der Waals surface area contributed by atoms with Gasteiger partial charge >= 0.3 is 0 Å².